The Bertz CT molecular complexity index is 1060. The number of nitro groups is 1. The maximum absolute atomic E-state index is 12.8. The van der Waals surface area contributed by atoms with E-state index in [1.165, 1.54) is 29.6 Å². The van der Waals surface area contributed by atoms with Crippen molar-refractivity contribution in [1.82, 2.24) is 9.21 Å². The SMILES string of the molecule is COc1ccc(NC(=O)CN2CCN(S(=O)(=O)c3ccc(C)cc3)CC2)c([N+](=O)[O-])c1. The molecule has 2 aromatic rings. The van der Waals surface area contributed by atoms with Gasteiger partial charge in [-0.15, -0.1) is 0 Å². The number of aryl methyl sites for hydroxylation is 1. The lowest BCUT2D eigenvalue weighted by atomic mass is 10.2. The molecule has 1 saturated heterocycles. The van der Waals surface area contributed by atoms with Crippen molar-refractivity contribution in [2.24, 2.45) is 0 Å². The highest BCUT2D eigenvalue weighted by Crippen LogP contribution is 2.29. The largest absolute Gasteiger partial charge is 0.496 e. The number of rotatable bonds is 7. The Morgan fingerprint density at radius 3 is 2.35 bits per heavy atom. The van der Waals surface area contributed by atoms with Crippen LogP contribution in [0.2, 0.25) is 0 Å². The number of ether oxygens (including phenoxy) is 1. The van der Waals surface area contributed by atoms with Crippen molar-refractivity contribution in [1.29, 1.82) is 0 Å². The minimum atomic E-state index is -3.58. The summed E-state index contributed by atoms with van der Waals surface area (Å²) in [6.07, 6.45) is 0. The first-order valence-electron chi connectivity index (χ1n) is 9.62. The van der Waals surface area contributed by atoms with Crippen LogP contribution in [0.5, 0.6) is 5.75 Å². The van der Waals surface area contributed by atoms with Gasteiger partial charge < -0.3 is 10.1 Å². The van der Waals surface area contributed by atoms with Gasteiger partial charge in [-0.25, -0.2) is 8.42 Å². The molecule has 10 nitrogen and oxygen atoms in total. The van der Waals surface area contributed by atoms with Gasteiger partial charge in [0.05, 0.1) is 29.5 Å². The van der Waals surface area contributed by atoms with Crippen LogP contribution in [-0.2, 0) is 14.8 Å². The van der Waals surface area contributed by atoms with Crippen LogP contribution in [0, 0.1) is 17.0 Å². The molecule has 1 aliphatic rings. The van der Waals surface area contributed by atoms with Crippen molar-refractivity contribution in [2.75, 3.05) is 45.2 Å². The molecule has 1 heterocycles. The second kappa shape index (κ2) is 9.41. The normalized spacial score (nSPS) is 15.4. The van der Waals surface area contributed by atoms with Gasteiger partial charge in [0.1, 0.15) is 11.4 Å². The van der Waals surface area contributed by atoms with Gasteiger partial charge in [0.15, 0.2) is 0 Å². The Labute approximate surface area is 180 Å². The van der Waals surface area contributed by atoms with Crippen LogP contribution >= 0.6 is 0 Å². The first kappa shape index (κ1) is 22.7. The maximum Gasteiger partial charge on any atom is 0.296 e. The summed E-state index contributed by atoms with van der Waals surface area (Å²) in [6, 6.07) is 10.9. The van der Waals surface area contributed by atoms with E-state index in [1.807, 2.05) is 11.8 Å². The third-order valence-corrected chi connectivity index (χ3v) is 6.95. The number of hydrogen-bond donors (Lipinski definition) is 1. The van der Waals surface area contributed by atoms with Crippen molar-refractivity contribution in [3.05, 3.63) is 58.1 Å². The smallest absolute Gasteiger partial charge is 0.296 e. The second-order valence-corrected chi connectivity index (χ2v) is 9.12. The van der Waals surface area contributed by atoms with Crippen molar-refractivity contribution >= 4 is 27.3 Å². The fourth-order valence-electron chi connectivity index (χ4n) is 3.28. The Morgan fingerprint density at radius 1 is 1.13 bits per heavy atom. The van der Waals surface area contributed by atoms with E-state index in [1.54, 1.807) is 24.3 Å². The van der Waals surface area contributed by atoms with Gasteiger partial charge in [-0.1, -0.05) is 17.7 Å². The molecular formula is C20H24N4O6S. The molecule has 166 valence electrons. The molecule has 0 bridgehead atoms. The van der Waals surface area contributed by atoms with Gasteiger partial charge in [0.2, 0.25) is 15.9 Å². The highest BCUT2D eigenvalue weighted by atomic mass is 32.2. The van der Waals surface area contributed by atoms with Gasteiger partial charge in [-0.2, -0.15) is 4.31 Å². The molecule has 0 aromatic heterocycles. The number of methoxy groups -OCH3 is 1. The number of nitrogens with zero attached hydrogens (tertiary/aromatic N) is 3. The Balaban J connectivity index is 1.58. The topological polar surface area (TPSA) is 122 Å². The zero-order valence-corrected chi connectivity index (χ0v) is 18.1. The molecule has 11 heteroatoms. The average Bonchev–Trinajstić information content (AvgIpc) is 2.74. The third kappa shape index (κ3) is 5.37. The fourth-order valence-corrected chi connectivity index (χ4v) is 4.70. The molecule has 1 fully saturated rings. The number of benzene rings is 2. The predicted octanol–water partition coefficient (Wildman–Crippen LogP) is 1.86. The van der Waals surface area contributed by atoms with Crippen LogP contribution in [0.25, 0.3) is 0 Å². The summed E-state index contributed by atoms with van der Waals surface area (Å²) in [5.74, 6) is -0.0984. The summed E-state index contributed by atoms with van der Waals surface area (Å²) in [4.78, 5) is 25.1. The van der Waals surface area contributed by atoms with E-state index >= 15 is 0 Å². The van der Waals surface area contributed by atoms with Crippen molar-refractivity contribution in [3.63, 3.8) is 0 Å². The molecule has 0 saturated carbocycles. The van der Waals surface area contributed by atoms with E-state index in [9.17, 15) is 23.3 Å². The summed E-state index contributed by atoms with van der Waals surface area (Å²) in [6.45, 7) is 3.16. The molecule has 0 spiro atoms. The molecule has 2 aromatic carbocycles. The number of hydrogen-bond acceptors (Lipinski definition) is 7. The number of carbonyl (C=O) groups is 1. The predicted molar refractivity (Wildman–Crippen MR) is 115 cm³/mol. The first-order chi connectivity index (χ1) is 14.7. The molecule has 1 amide bonds. The van der Waals surface area contributed by atoms with E-state index in [4.69, 9.17) is 4.74 Å². The third-order valence-electron chi connectivity index (χ3n) is 5.03. The average molecular weight is 449 g/mol. The van der Waals surface area contributed by atoms with Gasteiger partial charge >= 0.3 is 0 Å². The Kier molecular flexibility index (Phi) is 6.88. The molecule has 0 radical (unpaired) electrons. The van der Waals surface area contributed by atoms with E-state index in [-0.39, 0.29) is 35.9 Å². The molecular weight excluding hydrogens is 424 g/mol. The quantitative estimate of drug-likeness (QED) is 0.507. The van der Waals surface area contributed by atoms with Gasteiger partial charge in [-0.05, 0) is 31.2 Å². The number of nitrogens with one attached hydrogen (secondary N) is 1. The molecule has 31 heavy (non-hydrogen) atoms. The zero-order valence-electron chi connectivity index (χ0n) is 17.3. The number of piperazine rings is 1. The number of nitro benzene ring substituents is 1. The van der Waals surface area contributed by atoms with E-state index in [2.05, 4.69) is 5.32 Å². The highest BCUT2D eigenvalue weighted by molar-refractivity contribution is 7.89. The zero-order chi connectivity index (χ0) is 22.6. The molecule has 0 atom stereocenters. The second-order valence-electron chi connectivity index (χ2n) is 7.18. The monoisotopic (exact) mass is 448 g/mol. The van der Waals surface area contributed by atoms with Gasteiger partial charge in [0.25, 0.3) is 5.69 Å². The molecule has 1 N–H and O–H groups in total. The van der Waals surface area contributed by atoms with Crippen molar-refractivity contribution in [3.8, 4) is 5.75 Å². The summed E-state index contributed by atoms with van der Waals surface area (Å²) in [7, 11) is -2.18. The Hall–Kier alpha value is -3.02. The standard InChI is InChI=1S/C20H24N4O6S/c1-15-3-6-17(7-4-15)31(28,29)23-11-9-22(10-12-23)14-20(25)21-18-8-5-16(30-2)13-19(18)24(26)27/h3-8,13H,9-12,14H2,1-2H3,(H,21,25). The number of amides is 1. The summed E-state index contributed by atoms with van der Waals surface area (Å²) in [5, 5.41) is 13.8. The Morgan fingerprint density at radius 2 is 1.77 bits per heavy atom. The van der Waals surface area contributed by atoms with Crippen LogP contribution in [0.1, 0.15) is 5.56 Å². The minimum absolute atomic E-state index is 0.00159. The van der Waals surface area contributed by atoms with E-state index < -0.39 is 20.9 Å². The van der Waals surface area contributed by atoms with Crippen molar-refractivity contribution in [2.45, 2.75) is 11.8 Å². The highest BCUT2D eigenvalue weighted by Gasteiger charge is 2.29. The lowest BCUT2D eigenvalue weighted by molar-refractivity contribution is -0.384. The number of carbonyl (C=O) groups excluding carboxylic acids is 1. The minimum Gasteiger partial charge on any atom is -0.496 e. The van der Waals surface area contributed by atoms with E-state index in [0.717, 1.165) is 5.56 Å². The molecule has 0 unspecified atom stereocenters. The van der Waals surface area contributed by atoms with Crippen LogP contribution in [-0.4, -0.2) is 68.3 Å². The van der Waals surface area contributed by atoms with E-state index in [0.29, 0.717) is 18.8 Å². The first-order valence-corrected chi connectivity index (χ1v) is 11.1. The number of anilines is 1. The van der Waals surface area contributed by atoms with Gasteiger partial charge in [0, 0.05) is 26.2 Å². The van der Waals surface area contributed by atoms with Crippen LogP contribution in [0.4, 0.5) is 11.4 Å². The summed E-state index contributed by atoms with van der Waals surface area (Å²) in [5.41, 5.74) is 0.796. The molecule has 3 rings (SSSR count). The fraction of sp³-hybridized carbons (Fsp3) is 0.350. The summed E-state index contributed by atoms with van der Waals surface area (Å²) >= 11 is 0. The molecule has 0 aliphatic carbocycles. The lowest BCUT2D eigenvalue weighted by Crippen LogP contribution is -2.50. The van der Waals surface area contributed by atoms with Crippen LogP contribution < -0.4 is 10.1 Å². The molecule has 1 aliphatic heterocycles. The lowest BCUT2D eigenvalue weighted by Gasteiger charge is -2.33. The maximum atomic E-state index is 12.8. The van der Waals surface area contributed by atoms with Crippen LogP contribution in [0.15, 0.2) is 47.4 Å². The van der Waals surface area contributed by atoms with Crippen molar-refractivity contribution < 1.29 is 22.9 Å². The summed E-state index contributed by atoms with van der Waals surface area (Å²) < 4.78 is 31.9. The number of sulfonamides is 1. The van der Waals surface area contributed by atoms with Gasteiger partial charge in [-0.3, -0.25) is 19.8 Å². The van der Waals surface area contributed by atoms with Crippen LogP contribution in [0.3, 0.4) is 0 Å².